The third-order valence-corrected chi connectivity index (χ3v) is 7.78. The molecule has 0 fully saturated rings. The molecule has 1 aromatic carbocycles. The van der Waals surface area contributed by atoms with E-state index in [1.165, 1.54) is 11.3 Å². The topological polar surface area (TPSA) is 89.6 Å². The van der Waals surface area contributed by atoms with Crippen molar-refractivity contribution in [2.45, 2.75) is 12.8 Å². The number of H-pyrrole nitrogens is 1. The SMILES string of the molecule is COc1cc(N(C)CCN(C)C)c(NC=O)cc1N(C)c1nc(-c2c[nH]c3c2C=CCC3)c2sccc2n1. The van der Waals surface area contributed by atoms with Crippen LogP contribution in [0.4, 0.5) is 23.0 Å². The molecule has 0 bridgehead atoms. The van der Waals surface area contributed by atoms with Gasteiger partial charge in [-0.1, -0.05) is 12.2 Å². The number of methoxy groups -OCH3 is 1. The highest BCUT2D eigenvalue weighted by molar-refractivity contribution is 7.17. The van der Waals surface area contributed by atoms with Crippen LogP contribution in [0.25, 0.3) is 27.6 Å². The zero-order chi connectivity index (χ0) is 26.8. The van der Waals surface area contributed by atoms with Crippen molar-refractivity contribution in [1.82, 2.24) is 19.9 Å². The Balaban J connectivity index is 1.59. The zero-order valence-electron chi connectivity index (χ0n) is 22.4. The molecule has 198 valence electrons. The van der Waals surface area contributed by atoms with Crippen LogP contribution in [0.1, 0.15) is 17.7 Å². The normalized spacial score (nSPS) is 12.6. The standard InChI is InChI=1S/C28H33N7O2S/c1-33(2)11-12-34(3)23-15-25(37-5)24(14-22(23)30-17-36)35(4)28-31-21-10-13-38-27(21)26(32-28)19-16-29-20-9-7-6-8-18(19)20/h6,8,10,13-17,29H,7,9,11-12H2,1-5H3,(H,30,36). The predicted molar refractivity (Wildman–Crippen MR) is 157 cm³/mol. The Morgan fingerprint density at radius 1 is 1.16 bits per heavy atom. The number of benzene rings is 1. The van der Waals surface area contributed by atoms with Crippen molar-refractivity contribution in [3.8, 4) is 17.0 Å². The lowest BCUT2D eigenvalue weighted by Crippen LogP contribution is -2.29. The fourth-order valence-electron chi connectivity index (χ4n) is 4.74. The molecule has 0 spiro atoms. The zero-order valence-corrected chi connectivity index (χ0v) is 23.2. The number of hydrogen-bond acceptors (Lipinski definition) is 8. The van der Waals surface area contributed by atoms with Crippen LogP contribution in [0.15, 0.2) is 35.9 Å². The summed E-state index contributed by atoms with van der Waals surface area (Å²) in [5, 5.41) is 4.92. The molecule has 3 heterocycles. The molecule has 5 rings (SSSR count). The molecular formula is C28H33N7O2S. The van der Waals surface area contributed by atoms with Crippen LogP contribution in [-0.2, 0) is 11.2 Å². The highest BCUT2D eigenvalue weighted by Gasteiger charge is 2.23. The van der Waals surface area contributed by atoms with E-state index in [-0.39, 0.29) is 0 Å². The summed E-state index contributed by atoms with van der Waals surface area (Å²) in [7, 11) is 9.64. The highest BCUT2D eigenvalue weighted by Crippen LogP contribution is 2.42. The van der Waals surface area contributed by atoms with Crippen molar-refractivity contribution in [2.24, 2.45) is 0 Å². The number of amides is 1. The number of nitrogens with zero attached hydrogens (tertiary/aromatic N) is 5. The molecule has 2 N–H and O–H groups in total. The summed E-state index contributed by atoms with van der Waals surface area (Å²) in [5.41, 5.74) is 7.60. The van der Waals surface area contributed by atoms with Gasteiger partial charge in [0, 0.05) is 56.3 Å². The second-order valence-electron chi connectivity index (χ2n) is 9.63. The van der Waals surface area contributed by atoms with Crippen LogP contribution in [0.2, 0.25) is 0 Å². The Hall–Kier alpha value is -3.89. The fourth-order valence-corrected chi connectivity index (χ4v) is 5.57. The van der Waals surface area contributed by atoms with Crippen LogP contribution in [0, 0.1) is 0 Å². The van der Waals surface area contributed by atoms with Crippen molar-refractivity contribution in [1.29, 1.82) is 0 Å². The Kier molecular flexibility index (Phi) is 7.35. The molecule has 38 heavy (non-hydrogen) atoms. The maximum atomic E-state index is 11.5. The molecule has 9 nitrogen and oxygen atoms in total. The minimum Gasteiger partial charge on any atom is -0.494 e. The maximum absolute atomic E-state index is 11.5. The van der Waals surface area contributed by atoms with Gasteiger partial charge in [-0.15, -0.1) is 11.3 Å². The third-order valence-electron chi connectivity index (χ3n) is 6.87. The average molecular weight is 532 g/mol. The van der Waals surface area contributed by atoms with Gasteiger partial charge < -0.3 is 29.7 Å². The molecule has 0 radical (unpaired) electrons. The molecule has 3 aromatic heterocycles. The first-order valence-electron chi connectivity index (χ1n) is 12.6. The van der Waals surface area contributed by atoms with Gasteiger partial charge in [0.05, 0.1) is 40.1 Å². The molecule has 1 amide bonds. The smallest absolute Gasteiger partial charge is 0.230 e. The van der Waals surface area contributed by atoms with E-state index < -0.39 is 0 Å². The Morgan fingerprint density at radius 3 is 2.76 bits per heavy atom. The van der Waals surface area contributed by atoms with Crippen molar-refractivity contribution in [3.63, 3.8) is 0 Å². The number of ether oxygens (including phenoxy) is 1. The summed E-state index contributed by atoms with van der Waals surface area (Å²) in [5.74, 6) is 1.21. The van der Waals surface area contributed by atoms with Crippen LogP contribution in [-0.4, -0.2) is 74.7 Å². The van der Waals surface area contributed by atoms with E-state index in [1.807, 2.05) is 56.7 Å². The van der Waals surface area contributed by atoms with E-state index in [0.29, 0.717) is 23.8 Å². The predicted octanol–water partition coefficient (Wildman–Crippen LogP) is 4.99. The minimum atomic E-state index is 0.546. The third kappa shape index (κ3) is 4.84. The number of thiophene rings is 1. The maximum Gasteiger partial charge on any atom is 0.230 e. The van der Waals surface area contributed by atoms with Gasteiger partial charge in [0.1, 0.15) is 5.75 Å². The number of nitrogens with one attached hydrogen (secondary N) is 2. The first-order valence-corrected chi connectivity index (χ1v) is 13.4. The molecular weight excluding hydrogens is 498 g/mol. The second-order valence-corrected chi connectivity index (χ2v) is 10.5. The van der Waals surface area contributed by atoms with Crippen LogP contribution in [0.3, 0.4) is 0 Å². The van der Waals surface area contributed by atoms with Gasteiger partial charge in [-0.05, 0) is 44.4 Å². The van der Waals surface area contributed by atoms with Crippen LogP contribution < -0.4 is 19.9 Å². The number of hydrogen-bond donors (Lipinski definition) is 2. The average Bonchev–Trinajstić information content (AvgIpc) is 3.58. The monoisotopic (exact) mass is 531 g/mol. The number of fused-ring (bicyclic) bond motifs is 2. The molecule has 0 atom stereocenters. The number of aryl methyl sites for hydroxylation is 1. The number of rotatable bonds is 10. The highest BCUT2D eigenvalue weighted by atomic mass is 32.1. The lowest BCUT2D eigenvalue weighted by Gasteiger charge is -2.27. The lowest BCUT2D eigenvalue weighted by molar-refractivity contribution is -0.105. The van der Waals surface area contributed by atoms with Gasteiger partial charge in [0.2, 0.25) is 12.4 Å². The number of aromatic amines is 1. The molecule has 0 unspecified atom stereocenters. The van der Waals surface area contributed by atoms with E-state index in [0.717, 1.165) is 58.8 Å². The quantitative estimate of drug-likeness (QED) is 0.279. The van der Waals surface area contributed by atoms with Crippen LogP contribution in [0.5, 0.6) is 5.75 Å². The largest absolute Gasteiger partial charge is 0.494 e. The number of allylic oxidation sites excluding steroid dienone is 1. The van der Waals surface area contributed by atoms with Crippen molar-refractivity contribution >= 4 is 57.1 Å². The van der Waals surface area contributed by atoms with Crippen molar-refractivity contribution in [3.05, 3.63) is 47.1 Å². The van der Waals surface area contributed by atoms with Gasteiger partial charge in [0.15, 0.2) is 0 Å². The van der Waals surface area contributed by atoms with E-state index in [1.54, 1.807) is 18.4 Å². The Morgan fingerprint density at radius 2 is 2.00 bits per heavy atom. The summed E-state index contributed by atoms with van der Waals surface area (Å²) in [6.07, 6.45) is 9.18. The van der Waals surface area contributed by atoms with Gasteiger partial charge in [-0.3, -0.25) is 4.79 Å². The van der Waals surface area contributed by atoms with E-state index in [4.69, 9.17) is 14.7 Å². The summed E-state index contributed by atoms with van der Waals surface area (Å²) in [6, 6.07) is 5.89. The Labute approximate surface area is 226 Å². The number of anilines is 4. The van der Waals surface area contributed by atoms with E-state index in [9.17, 15) is 4.79 Å². The van der Waals surface area contributed by atoms with E-state index >= 15 is 0 Å². The lowest BCUT2D eigenvalue weighted by atomic mass is 10.00. The summed E-state index contributed by atoms with van der Waals surface area (Å²) < 4.78 is 6.88. The number of carbonyl (C=O) groups is 1. The fraction of sp³-hybridized carbons (Fsp3) is 0.321. The molecule has 4 aromatic rings. The number of carbonyl (C=O) groups excluding carboxylic acids is 1. The Bertz CT molecular complexity index is 1490. The molecule has 1 aliphatic carbocycles. The van der Waals surface area contributed by atoms with Crippen molar-refractivity contribution in [2.75, 3.05) is 63.5 Å². The second kappa shape index (κ2) is 10.8. The van der Waals surface area contributed by atoms with Gasteiger partial charge >= 0.3 is 0 Å². The van der Waals surface area contributed by atoms with Crippen LogP contribution >= 0.6 is 11.3 Å². The molecule has 10 heteroatoms. The number of likely N-dealkylation sites (N-methyl/N-ethyl adjacent to an activating group) is 2. The molecule has 0 aliphatic heterocycles. The summed E-state index contributed by atoms with van der Waals surface area (Å²) in [4.78, 5) is 31.1. The molecule has 0 saturated heterocycles. The first-order chi connectivity index (χ1) is 18.4. The van der Waals surface area contributed by atoms with Gasteiger partial charge in [-0.2, -0.15) is 0 Å². The van der Waals surface area contributed by atoms with Gasteiger partial charge in [0.25, 0.3) is 0 Å². The van der Waals surface area contributed by atoms with Gasteiger partial charge in [-0.25, -0.2) is 9.97 Å². The molecule has 0 saturated carbocycles. The van der Waals surface area contributed by atoms with Crippen molar-refractivity contribution < 1.29 is 9.53 Å². The number of aromatic nitrogens is 3. The summed E-state index contributed by atoms with van der Waals surface area (Å²) >= 11 is 1.64. The van der Waals surface area contributed by atoms with E-state index in [2.05, 4.69) is 38.4 Å². The minimum absolute atomic E-state index is 0.546. The first kappa shape index (κ1) is 25.7. The summed E-state index contributed by atoms with van der Waals surface area (Å²) in [6.45, 7) is 1.66. The molecule has 1 aliphatic rings.